The Bertz CT molecular complexity index is 2630. The van der Waals surface area contributed by atoms with Gasteiger partial charge in [-0.3, -0.25) is 0 Å². The lowest BCUT2D eigenvalue weighted by molar-refractivity contribution is 0.769. The summed E-state index contributed by atoms with van der Waals surface area (Å²) >= 11 is 7.50. The predicted molar refractivity (Wildman–Crippen MR) is 206 cm³/mol. The van der Waals surface area contributed by atoms with Crippen LogP contribution in [0.4, 0.5) is 0 Å². The van der Waals surface area contributed by atoms with E-state index in [9.17, 15) is 0 Å². The van der Waals surface area contributed by atoms with E-state index in [-0.39, 0.29) is 0 Å². The fourth-order valence-corrected chi connectivity index (χ4v) is 9.22. The van der Waals surface area contributed by atoms with E-state index in [0.717, 1.165) is 8.95 Å². The number of hydrogen-bond acceptors (Lipinski definition) is 0. The Morgan fingerprint density at radius 3 is 1.60 bits per heavy atom. The summed E-state index contributed by atoms with van der Waals surface area (Å²) in [5.74, 6) is 0. The largest absolute Gasteiger partial charge is 0.0714 e. The molecule has 1 aliphatic carbocycles. The van der Waals surface area contributed by atoms with E-state index < -0.39 is 5.41 Å². The summed E-state index contributed by atoms with van der Waals surface area (Å²) in [5, 5.41) is 10.5. The average molecular weight is 727 g/mol. The van der Waals surface area contributed by atoms with Crippen LogP contribution in [0.5, 0.6) is 0 Å². The maximum Gasteiger partial charge on any atom is 0.0714 e. The maximum atomic E-state index is 3.87. The summed E-state index contributed by atoms with van der Waals surface area (Å²) in [6.45, 7) is 0. The number of rotatable bonds is 3. The molecule has 0 aromatic heterocycles. The third-order valence-electron chi connectivity index (χ3n) is 10.4. The second-order valence-electron chi connectivity index (χ2n) is 12.6. The van der Waals surface area contributed by atoms with Gasteiger partial charge in [0, 0.05) is 8.95 Å². The third-order valence-corrected chi connectivity index (χ3v) is 11.4. The monoisotopic (exact) mass is 724 g/mol. The Kier molecular flexibility index (Phi) is 5.89. The summed E-state index contributed by atoms with van der Waals surface area (Å²) in [4.78, 5) is 0. The van der Waals surface area contributed by atoms with E-state index in [2.05, 4.69) is 190 Å². The lowest BCUT2D eigenvalue weighted by Gasteiger charge is -2.34. The van der Waals surface area contributed by atoms with Crippen LogP contribution in [0.1, 0.15) is 22.3 Å². The third kappa shape index (κ3) is 3.69. The summed E-state index contributed by atoms with van der Waals surface area (Å²) in [6, 6.07) is 58.7. The molecule has 0 saturated carbocycles. The first-order chi connectivity index (χ1) is 23.1. The molecule has 0 N–H and O–H groups in total. The Morgan fingerprint density at radius 1 is 0.362 bits per heavy atom. The zero-order valence-corrected chi connectivity index (χ0v) is 28.4. The Hall–Kier alpha value is -4.76. The molecule has 47 heavy (non-hydrogen) atoms. The molecule has 0 atom stereocenters. The highest BCUT2D eigenvalue weighted by Gasteiger charge is 2.47. The lowest BCUT2D eigenvalue weighted by atomic mass is 9.67. The number of fused-ring (bicyclic) bond motifs is 6. The van der Waals surface area contributed by atoms with E-state index in [0.29, 0.717) is 0 Å². The van der Waals surface area contributed by atoms with Crippen LogP contribution in [0.2, 0.25) is 0 Å². The van der Waals surface area contributed by atoms with Gasteiger partial charge in [-0.2, -0.15) is 0 Å². The quantitative estimate of drug-likeness (QED) is 0.126. The lowest BCUT2D eigenvalue weighted by Crippen LogP contribution is -2.28. The van der Waals surface area contributed by atoms with Gasteiger partial charge in [-0.25, -0.2) is 0 Å². The topological polar surface area (TPSA) is 0 Å². The van der Waals surface area contributed by atoms with Crippen molar-refractivity contribution in [2.45, 2.75) is 5.41 Å². The number of halogens is 2. The van der Waals surface area contributed by atoms with Gasteiger partial charge in [0.25, 0.3) is 0 Å². The van der Waals surface area contributed by atoms with E-state index >= 15 is 0 Å². The van der Waals surface area contributed by atoms with E-state index in [1.807, 2.05) is 0 Å². The van der Waals surface area contributed by atoms with Crippen molar-refractivity contribution in [2.24, 2.45) is 0 Å². The van der Waals surface area contributed by atoms with Gasteiger partial charge in [0.15, 0.2) is 0 Å². The first-order valence-electron chi connectivity index (χ1n) is 16.0. The van der Waals surface area contributed by atoms with Gasteiger partial charge in [-0.15, -0.1) is 0 Å². The molecule has 10 rings (SSSR count). The van der Waals surface area contributed by atoms with Crippen LogP contribution in [0, 0.1) is 0 Å². The highest BCUT2D eigenvalue weighted by Crippen LogP contribution is 2.60. The molecule has 0 nitrogen and oxygen atoms in total. The summed E-state index contributed by atoms with van der Waals surface area (Å²) < 4.78 is 2.18. The molecule has 0 aliphatic heterocycles. The Labute approximate surface area is 289 Å². The van der Waals surface area contributed by atoms with Crippen molar-refractivity contribution in [2.75, 3.05) is 0 Å². The molecule has 0 heterocycles. The van der Waals surface area contributed by atoms with Crippen molar-refractivity contribution < 1.29 is 0 Å². The van der Waals surface area contributed by atoms with Crippen molar-refractivity contribution in [3.63, 3.8) is 0 Å². The molecule has 1 aliphatic rings. The molecule has 9 aromatic carbocycles. The molecule has 9 aromatic rings. The van der Waals surface area contributed by atoms with Crippen LogP contribution >= 0.6 is 31.9 Å². The molecule has 0 fully saturated rings. The normalized spacial score (nSPS) is 13.5. The molecule has 0 amide bonds. The Balaban J connectivity index is 1.42. The van der Waals surface area contributed by atoms with Crippen molar-refractivity contribution in [3.8, 4) is 22.3 Å². The summed E-state index contributed by atoms with van der Waals surface area (Å²) in [5.41, 5.74) is 9.85. The molecule has 2 heteroatoms. The van der Waals surface area contributed by atoms with Gasteiger partial charge in [-0.05, 0) is 118 Å². The van der Waals surface area contributed by atoms with E-state index in [1.54, 1.807) is 0 Å². The first kappa shape index (κ1) is 27.4. The van der Waals surface area contributed by atoms with E-state index in [4.69, 9.17) is 0 Å². The molecule has 0 spiro atoms. The molecule has 0 bridgehead atoms. The standard InChI is InChI=1S/C45H26Br2/c46-30-19-17-27(18-20-30)32-23-24-36-39-26-41-44(38-16-8-15-35(43(38)39)34-14-7-13-33(32)42(34)36)37-22-21-31(47)25-40(37)45(41,28-9-3-1-4-10-28)29-11-5-2-6-12-29/h1-26H. The number of benzene rings is 9. The fraction of sp³-hybridized carbons (Fsp3) is 0.0222. The first-order valence-corrected chi connectivity index (χ1v) is 17.6. The van der Waals surface area contributed by atoms with E-state index in [1.165, 1.54) is 87.6 Å². The average Bonchev–Trinajstić information content (AvgIpc) is 3.41. The van der Waals surface area contributed by atoms with Crippen LogP contribution in [-0.4, -0.2) is 0 Å². The maximum absolute atomic E-state index is 3.87. The fourth-order valence-electron chi connectivity index (χ4n) is 8.60. The highest BCUT2D eigenvalue weighted by molar-refractivity contribution is 9.10. The van der Waals surface area contributed by atoms with Crippen LogP contribution in [0.3, 0.4) is 0 Å². The van der Waals surface area contributed by atoms with Gasteiger partial charge in [0.2, 0.25) is 0 Å². The van der Waals surface area contributed by atoms with Crippen molar-refractivity contribution in [1.82, 2.24) is 0 Å². The number of hydrogen-bond donors (Lipinski definition) is 0. The van der Waals surface area contributed by atoms with Crippen LogP contribution in [0.15, 0.2) is 167 Å². The molecule has 220 valence electrons. The van der Waals surface area contributed by atoms with Crippen LogP contribution < -0.4 is 0 Å². The molecule has 0 unspecified atom stereocenters. The molecule has 0 radical (unpaired) electrons. The zero-order chi connectivity index (χ0) is 31.3. The van der Waals surface area contributed by atoms with Gasteiger partial charge < -0.3 is 0 Å². The SMILES string of the molecule is Brc1ccc(-c2ccc3c4cc5c(c6cccc(c7cccc2c73)c64)-c2ccc(Br)cc2C5(c2ccccc2)c2ccccc2)cc1. The second kappa shape index (κ2) is 10.1. The molecule has 0 saturated heterocycles. The van der Waals surface area contributed by atoms with Crippen molar-refractivity contribution in [1.29, 1.82) is 0 Å². The second-order valence-corrected chi connectivity index (χ2v) is 14.5. The Morgan fingerprint density at radius 2 is 0.915 bits per heavy atom. The van der Waals surface area contributed by atoms with Crippen molar-refractivity contribution in [3.05, 3.63) is 189 Å². The van der Waals surface area contributed by atoms with Gasteiger partial charge in [0.05, 0.1) is 5.41 Å². The van der Waals surface area contributed by atoms with Gasteiger partial charge in [0.1, 0.15) is 0 Å². The molecular formula is C45H26Br2. The minimum Gasteiger partial charge on any atom is -0.0622 e. The summed E-state index contributed by atoms with van der Waals surface area (Å²) in [7, 11) is 0. The van der Waals surface area contributed by atoms with Crippen LogP contribution in [0.25, 0.3) is 65.3 Å². The minimum absolute atomic E-state index is 0.481. The van der Waals surface area contributed by atoms with Crippen molar-refractivity contribution >= 4 is 74.9 Å². The van der Waals surface area contributed by atoms with Gasteiger partial charge in [-0.1, -0.05) is 159 Å². The summed E-state index contributed by atoms with van der Waals surface area (Å²) in [6.07, 6.45) is 0. The van der Waals surface area contributed by atoms with Gasteiger partial charge >= 0.3 is 0 Å². The van der Waals surface area contributed by atoms with Crippen LogP contribution in [-0.2, 0) is 5.41 Å². The zero-order valence-electron chi connectivity index (χ0n) is 25.3. The molecular weight excluding hydrogens is 700 g/mol. The minimum atomic E-state index is -0.481. The smallest absolute Gasteiger partial charge is 0.0622 e. The highest BCUT2D eigenvalue weighted by atomic mass is 79.9. The predicted octanol–water partition coefficient (Wildman–Crippen LogP) is 13.3.